The van der Waals surface area contributed by atoms with Crippen LogP contribution in [0.3, 0.4) is 0 Å². The average Bonchev–Trinajstić information content (AvgIpc) is 2.83. The van der Waals surface area contributed by atoms with Gasteiger partial charge >= 0.3 is 0 Å². The highest BCUT2D eigenvalue weighted by Crippen LogP contribution is 2.28. The van der Waals surface area contributed by atoms with E-state index < -0.39 is 21.7 Å². The Morgan fingerprint density at radius 2 is 1.56 bits per heavy atom. The topological polar surface area (TPSA) is 78.9 Å². The molecule has 8 heteroatoms. The molecule has 1 aliphatic rings. The first-order chi connectivity index (χ1) is 16.2. The number of fused-ring (bicyclic) bond motifs is 1. The first-order valence-electron chi connectivity index (χ1n) is 11.4. The summed E-state index contributed by atoms with van der Waals surface area (Å²) in [4.78, 5) is 17.6. The third-order valence-electron chi connectivity index (χ3n) is 6.29. The van der Waals surface area contributed by atoms with Gasteiger partial charge in [0.25, 0.3) is 5.91 Å². The highest BCUT2D eigenvalue weighted by atomic mass is 32.2. The molecule has 34 heavy (non-hydrogen) atoms. The van der Waals surface area contributed by atoms with Crippen LogP contribution in [0.1, 0.15) is 18.1 Å². The van der Waals surface area contributed by atoms with Crippen molar-refractivity contribution in [1.82, 2.24) is 14.5 Å². The quantitative estimate of drug-likeness (QED) is 0.525. The lowest BCUT2D eigenvalue weighted by Gasteiger charge is -2.38. The van der Waals surface area contributed by atoms with Crippen LogP contribution in [0.25, 0.3) is 10.8 Å². The van der Waals surface area contributed by atoms with Crippen molar-refractivity contribution in [3.8, 4) is 0 Å². The lowest BCUT2D eigenvalue weighted by molar-refractivity contribution is -0.161. The van der Waals surface area contributed by atoms with Crippen molar-refractivity contribution in [2.75, 3.05) is 33.2 Å². The Hall–Kier alpha value is -2.78. The van der Waals surface area contributed by atoms with Gasteiger partial charge in [-0.2, -0.15) is 4.72 Å². The molecule has 0 bridgehead atoms. The summed E-state index contributed by atoms with van der Waals surface area (Å²) in [7, 11) is -2.09. The molecule has 1 saturated heterocycles. The number of rotatable bonds is 7. The maximum atomic E-state index is 13.7. The van der Waals surface area contributed by atoms with Gasteiger partial charge in [-0.15, -0.1) is 0 Å². The number of hydrogen-bond acceptors (Lipinski definition) is 5. The zero-order valence-electron chi connectivity index (χ0n) is 19.8. The summed E-state index contributed by atoms with van der Waals surface area (Å²) >= 11 is 0. The smallest absolute Gasteiger partial charge is 0.270 e. The average molecular weight is 482 g/mol. The van der Waals surface area contributed by atoms with Gasteiger partial charge in [-0.3, -0.25) is 4.79 Å². The van der Waals surface area contributed by atoms with Crippen molar-refractivity contribution in [2.24, 2.45) is 0 Å². The number of ether oxygens (including phenoxy) is 1. The fourth-order valence-electron chi connectivity index (χ4n) is 4.22. The van der Waals surface area contributed by atoms with Crippen molar-refractivity contribution in [3.63, 3.8) is 0 Å². The van der Waals surface area contributed by atoms with Crippen LogP contribution < -0.4 is 4.72 Å². The van der Waals surface area contributed by atoms with Crippen LogP contribution >= 0.6 is 0 Å². The van der Waals surface area contributed by atoms with Crippen molar-refractivity contribution < 1.29 is 17.9 Å². The van der Waals surface area contributed by atoms with E-state index in [1.165, 1.54) is 6.92 Å². The molecule has 0 unspecified atom stereocenters. The van der Waals surface area contributed by atoms with E-state index in [1.807, 2.05) is 56.4 Å². The summed E-state index contributed by atoms with van der Waals surface area (Å²) in [5, 5.41) is 1.45. The number of nitrogens with one attached hydrogen (secondary N) is 1. The molecule has 1 N–H and O–H groups in total. The van der Waals surface area contributed by atoms with Crippen LogP contribution in [0.5, 0.6) is 0 Å². The largest absolute Gasteiger partial charge is 0.346 e. The second-order valence-corrected chi connectivity index (χ2v) is 10.6. The summed E-state index contributed by atoms with van der Waals surface area (Å²) in [6.07, 6.45) is 0. The monoisotopic (exact) mass is 481 g/mol. The van der Waals surface area contributed by atoms with Gasteiger partial charge in [0.1, 0.15) is 0 Å². The molecule has 4 rings (SSSR count). The molecule has 180 valence electrons. The number of piperazine rings is 1. The van der Waals surface area contributed by atoms with E-state index in [9.17, 15) is 13.2 Å². The Bertz CT molecular complexity index is 1270. The van der Waals surface area contributed by atoms with Crippen LogP contribution in [0.2, 0.25) is 0 Å². The number of amides is 1. The Kier molecular flexibility index (Phi) is 7.04. The van der Waals surface area contributed by atoms with Gasteiger partial charge in [0.15, 0.2) is 0 Å². The first kappa shape index (κ1) is 24.3. The van der Waals surface area contributed by atoms with E-state index in [-0.39, 0.29) is 11.5 Å². The van der Waals surface area contributed by atoms with Gasteiger partial charge in [0.05, 0.1) is 11.5 Å². The number of aryl methyl sites for hydroxylation is 1. The van der Waals surface area contributed by atoms with E-state index in [0.29, 0.717) is 18.5 Å². The van der Waals surface area contributed by atoms with E-state index >= 15 is 0 Å². The number of likely N-dealkylation sites (N-methyl/N-ethyl adjacent to an activating group) is 1. The maximum absolute atomic E-state index is 13.7. The first-order valence-corrected chi connectivity index (χ1v) is 12.9. The third-order valence-corrected chi connectivity index (χ3v) is 7.88. The molecular weight excluding hydrogens is 450 g/mol. The van der Waals surface area contributed by atoms with Crippen LogP contribution in [-0.2, 0) is 26.2 Å². The maximum Gasteiger partial charge on any atom is 0.270 e. The molecule has 1 aliphatic heterocycles. The summed E-state index contributed by atoms with van der Waals surface area (Å²) in [6, 6.07) is 20.1. The summed E-state index contributed by atoms with van der Waals surface area (Å²) in [5.41, 5.74) is 0.0577. The number of hydrogen-bond donors (Lipinski definition) is 1. The molecular formula is C26H31N3O4S. The second-order valence-electron chi connectivity index (χ2n) is 8.93. The van der Waals surface area contributed by atoms with Crippen LogP contribution in [-0.4, -0.2) is 63.1 Å². The number of carbonyl (C=O) groups is 1. The minimum atomic E-state index is -4.09. The van der Waals surface area contributed by atoms with Crippen molar-refractivity contribution in [3.05, 3.63) is 77.9 Å². The van der Waals surface area contributed by atoms with E-state index in [4.69, 9.17) is 4.74 Å². The Morgan fingerprint density at radius 1 is 0.941 bits per heavy atom. The molecule has 3 aromatic carbocycles. The van der Waals surface area contributed by atoms with Crippen LogP contribution in [0, 0.1) is 6.92 Å². The van der Waals surface area contributed by atoms with E-state index in [0.717, 1.165) is 29.6 Å². The van der Waals surface area contributed by atoms with Gasteiger partial charge in [-0.1, -0.05) is 60.7 Å². The third kappa shape index (κ3) is 5.15. The van der Waals surface area contributed by atoms with Gasteiger partial charge in [0, 0.05) is 31.6 Å². The Balaban J connectivity index is 1.68. The summed E-state index contributed by atoms with van der Waals surface area (Å²) in [5.74, 6) is -0.392. The minimum Gasteiger partial charge on any atom is -0.346 e. The minimum absolute atomic E-state index is 0.0913. The number of carbonyl (C=O) groups excluding carboxylic acids is 1. The molecule has 1 fully saturated rings. The summed E-state index contributed by atoms with van der Waals surface area (Å²) < 4.78 is 36.0. The lowest BCUT2D eigenvalue weighted by Crippen LogP contribution is -2.61. The van der Waals surface area contributed by atoms with Gasteiger partial charge < -0.3 is 14.5 Å². The van der Waals surface area contributed by atoms with Gasteiger partial charge in [-0.05, 0) is 43.5 Å². The lowest BCUT2D eigenvalue weighted by atomic mass is 10.1. The molecule has 7 nitrogen and oxygen atoms in total. The van der Waals surface area contributed by atoms with Crippen molar-refractivity contribution >= 4 is 26.7 Å². The van der Waals surface area contributed by atoms with E-state index in [2.05, 4.69) is 9.62 Å². The molecule has 3 aromatic rings. The highest BCUT2D eigenvalue weighted by Gasteiger charge is 2.42. The molecule has 1 heterocycles. The Morgan fingerprint density at radius 3 is 2.24 bits per heavy atom. The summed E-state index contributed by atoms with van der Waals surface area (Å²) in [6.45, 7) is 5.99. The molecule has 0 aromatic heterocycles. The molecule has 1 atom stereocenters. The fourth-order valence-corrected chi connectivity index (χ4v) is 5.70. The number of nitrogens with zero attached hydrogens (tertiary/aromatic N) is 2. The normalized spacial score (nSPS) is 17.0. The molecule has 0 saturated carbocycles. The van der Waals surface area contributed by atoms with Gasteiger partial charge in [0.2, 0.25) is 15.7 Å². The molecule has 1 amide bonds. The van der Waals surface area contributed by atoms with Crippen molar-refractivity contribution in [2.45, 2.75) is 31.1 Å². The van der Waals surface area contributed by atoms with Crippen LogP contribution in [0.15, 0.2) is 71.6 Å². The zero-order chi connectivity index (χ0) is 24.3. The second kappa shape index (κ2) is 9.84. The molecule has 0 spiro atoms. The fraction of sp³-hybridized carbons (Fsp3) is 0.346. The highest BCUT2D eigenvalue weighted by molar-refractivity contribution is 7.89. The predicted molar refractivity (Wildman–Crippen MR) is 133 cm³/mol. The Labute approximate surface area is 201 Å². The molecule has 0 aliphatic carbocycles. The van der Waals surface area contributed by atoms with Crippen LogP contribution in [0.4, 0.5) is 0 Å². The zero-order valence-corrected chi connectivity index (χ0v) is 20.6. The standard InChI is InChI=1S/C26H31N3O4S/c1-20-13-14-24(23-12-8-7-11-22(20)23)34(31,32)27-26(2,33-19-21-9-5-4-6-10-21)25(30)29-17-15-28(3)16-18-29/h4-14,27H,15-19H2,1-3H3/t26-/m0/s1. The predicted octanol–water partition coefficient (Wildman–Crippen LogP) is 3.13. The van der Waals surface area contributed by atoms with Crippen molar-refractivity contribution in [1.29, 1.82) is 0 Å². The van der Waals surface area contributed by atoms with Gasteiger partial charge in [-0.25, -0.2) is 8.42 Å². The molecule has 0 radical (unpaired) electrons. The number of sulfonamides is 1. The number of benzene rings is 3. The SMILES string of the molecule is Cc1ccc(S(=O)(=O)N[C@@](C)(OCc2ccccc2)C(=O)N2CCN(C)CC2)c2ccccc12. The van der Waals surface area contributed by atoms with E-state index in [1.54, 1.807) is 29.2 Å².